The summed E-state index contributed by atoms with van der Waals surface area (Å²) in [5.41, 5.74) is 1.88. The summed E-state index contributed by atoms with van der Waals surface area (Å²) in [5, 5.41) is 10.00. The molecule has 130 valence electrons. The second-order valence-corrected chi connectivity index (χ2v) is 6.08. The second-order valence-electron chi connectivity index (χ2n) is 6.08. The molecule has 3 rings (SSSR count). The van der Waals surface area contributed by atoms with Gasteiger partial charge in [0.25, 0.3) is 0 Å². The molecule has 0 saturated carbocycles. The van der Waals surface area contributed by atoms with Gasteiger partial charge in [-0.05, 0) is 36.1 Å². The normalized spacial score (nSPS) is 14.8. The number of fused-ring (bicyclic) bond motifs is 1. The van der Waals surface area contributed by atoms with Crippen molar-refractivity contribution in [2.75, 3.05) is 6.79 Å². The predicted molar refractivity (Wildman–Crippen MR) is 91.6 cm³/mol. The van der Waals surface area contributed by atoms with E-state index < -0.39 is 12.0 Å². The number of ether oxygens (including phenoxy) is 2. The number of aliphatic hydroxyl groups is 1. The highest BCUT2D eigenvalue weighted by Gasteiger charge is 2.27. The summed E-state index contributed by atoms with van der Waals surface area (Å²) in [5.74, 6) is 0.392. The lowest BCUT2D eigenvalue weighted by Gasteiger charge is -2.18. The highest BCUT2D eigenvalue weighted by Crippen LogP contribution is 2.33. The molecule has 2 unspecified atom stereocenters. The lowest BCUT2D eigenvalue weighted by Crippen LogP contribution is -2.31. The Balaban J connectivity index is 1.68. The molecule has 2 aromatic rings. The van der Waals surface area contributed by atoms with Crippen LogP contribution in [-0.2, 0) is 22.4 Å². The zero-order valence-electron chi connectivity index (χ0n) is 13.8. The summed E-state index contributed by atoms with van der Waals surface area (Å²) in [7, 11) is 0. The molecule has 0 radical (unpaired) electrons. The fraction of sp³-hybridized carbons (Fsp3) is 0.300. The summed E-state index contributed by atoms with van der Waals surface area (Å²) >= 11 is 0. The molecule has 1 heterocycles. The molecule has 1 aliphatic rings. The molecular weight excluding hydrogens is 320 g/mol. The molecule has 0 aromatic heterocycles. The number of Topliss-reactive ketones (excluding diaryl/α,β-unsaturated/α-hetero) is 1. The molecule has 1 aliphatic heterocycles. The van der Waals surface area contributed by atoms with Crippen LogP contribution in [0.5, 0.6) is 11.5 Å². The van der Waals surface area contributed by atoms with Crippen LogP contribution in [-0.4, -0.2) is 30.1 Å². The number of carbonyl (C=O) groups is 2. The van der Waals surface area contributed by atoms with Gasteiger partial charge in [0.2, 0.25) is 6.79 Å². The largest absolute Gasteiger partial charge is 0.454 e. The van der Waals surface area contributed by atoms with Gasteiger partial charge >= 0.3 is 0 Å². The third-order valence-corrected chi connectivity index (χ3v) is 4.36. The van der Waals surface area contributed by atoms with E-state index in [4.69, 9.17) is 9.47 Å². The molecule has 2 aromatic carbocycles. The van der Waals surface area contributed by atoms with E-state index in [-0.39, 0.29) is 25.4 Å². The number of carbonyl (C=O) groups excluding carboxylic acids is 2. The van der Waals surface area contributed by atoms with Crippen molar-refractivity contribution in [3.8, 4) is 11.5 Å². The molecule has 5 heteroatoms. The topological polar surface area (TPSA) is 72.8 Å². The van der Waals surface area contributed by atoms with E-state index in [2.05, 4.69) is 0 Å². The van der Waals surface area contributed by atoms with Crippen LogP contribution in [0.3, 0.4) is 0 Å². The Hall–Kier alpha value is -2.66. The SMILES string of the molecule is O=CC(O)C(Cc1ccc2c(c1)OCO2)C(=O)CCc1ccccc1. The van der Waals surface area contributed by atoms with Crippen molar-refractivity contribution in [2.24, 2.45) is 5.92 Å². The Bertz CT molecular complexity index is 741. The first kappa shape index (κ1) is 17.2. The van der Waals surface area contributed by atoms with Crippen LogP contribution in [0.1, 0.15) is 17.5 Å². The van der Waals surface area contributed by atoms with Crippen LogP contribution < -0.4 is 9.47 Å². The van der Waals surface area contributed by atoms with Gasteiger partial charge in [0.05, 0.1) is 5.92 Å². The van der Waals surface area contributed by atoms with Crippen molar-refractivity contribution in [3.63, 3.8) is 0 Å². The maximum Gasteiger partial charge on any atom is 0.231 e. The molecule has 25 heavy (non-hydrogen) atoms. The minimum atomic E-state index is -1.31. The van der Waals surface area contributed by atoms with Crippen molar-refractivity contribution >= 4 is 12.1 Å². The lowest BCUT2D eigenvalue weighted by atomic mass is 9.88. The zero-order chi connectivity index (χ0) is 17.6. The van der Waals surface area contributed by atoms with Gasteiger partial charge in [-0.2, -0.15) is 0 Å². The van der Waals surface area contributed by atoms with E-state index in [0.29, 0.717) is 24.2 Å². The molecule has 0 spiro atoms. The Morgan fingerprint density at radius 2 is 1.84 bits per heavy atom. The highest BCUT2D eigenvalue weighted by atomic mass is 16.7. The second kappa shape index (κ2) is 7.94. The highest BCUT2D eigenvalue weighted by molar-refractivity contribution is 5.85. The van der Waals surface area contributed by atoms with Crippen molar-refractivity contribution in [1.82, 2.24) is 0 Å². The molecular formula is C20H20O5. The molecule has 0 saturated heterocycles. The first-order valence-corrected chi connectivity index (χ1v) is 8.26. The minimum absolute atomic E-state index is 0.124. The molecule has 0 fully saturated rings. The van der Waals surface area contributed by atoms with Gasteiger partial charge in [-0.1, -0.05) is 36.4 Å². The van der Waals surface area contributed by atoms with E-state index in [1.165, 1.54) is 0 Å². The first-order valence-electron chi connectivity index (χ1n) is 8.26. The average Bonchev–Trinajstić information content (AvgIpc) is 3.12. The summed E-state index contributed by atoms with van der Waals surface area (Å²) in [6.45, 7) is 0.176. The Morgan fingerprint density at radius 3 is 2.60 bits per heavy atom. The number of rotatable bonds is 8. The van der Waals surface area contributed by atoms with Gasteiger partial charge in [0.1, 0.15) is 18.2 Å². The smallest absolute Gasteiger partial charge is 0.231 e. The zero-order valence-corrected chi connectivity index (χ0v) is 13.8. The van der Waals surface area contributed by atoms with Gasteiger partial charge in [0.15, 0.2) is 11.5 Å². The van der Waals surface area contributed by atoms with Crippen LogP contribution >= 0.6 is 0 Å². The fourth-order valence-corrected chi connectivity index (χ4v) is 2.94. The summed E-state index contributed by atoms with van der Waals surface area (Å²) in [4.78, 5) is 23.6. The standard InChI is InChI=1S/C20H20O5/c21-12-18(23)16(17(22)8-6-14-4-2-1-3-5-14)10-15-7-9-19-20(11-15)25-13-24-19/h1-5,7,9,11-12,16,18,23H,6,8,10,13H2. The molecule has 5 nitrogen and oxygen atoms in total. The molecule has 0 amide bonds. The van der Waals surface area contributed by atoms with Gasteiger partial charge in [-0.15, -0.1) is 0 Å². The van der Waals surface area contributed by atoms with Gasteiger partial charge < -0.3 is 19.4 Å². The number of aryl methyl sites for hydroxylation is 1. The van der Waals surface area contributed by atoms with E-state index in [1.807, 2.05) is 36.4 Å². The minimum Gasteiger partial charge on any atom is -0.454 e. The van der Waals surface area contributed by atoms with Crippen molar-refractivity contribution < 1.29 is 24.2 Å². The molecule has 0 bridgehead atoms. The number of hydrogen-bond acceptors (Lipinski definition) is 5. The maximum absolute atomic E-state index is 12.6. The molecule has 0 aliphatic carbocycles. The number of aliphatic hydroxyl groups excluding tert-OH is 1. The fourth-order valence-electron chi connectivity index (χ4n) is 2.94. The van der Waals surface area contributed by atoms with Gasteiger partial charge in [-0.3, -0.25) is 4.79 Å². The number of hydrogen-bond donors (Lipinski definition) is 1. The summed E-state index contributed by atoms with van der Waals surface area (Å²) in [6.07, 6.45) is 0.267. The van der Waals surface area contributed by atoms with E-state index in [1.54, 1.807) is 12.1 Å². The first-order chi connectivity index (χ1) is 12.2. The van der Waals surface area contributed by atoms with Crippen molar-refractivity contribution in [2.45, 2.75) is 25.4 Å². The maximum atomic E-state index is 12.6. The Kier molecular flexibility index (Phi) is 5.46. The quantitative estimate of drug-likeness (QED) is 0.747. The van der Waals surface area contributed by atoms with Crippen molar-refractivity contribution in [3.05, 3.63) is 59.7 Å². The van der Waals surface area contributed by atoms with Crippen LogP contribution in [0, 0.1) is 5.92 Å². The lowest BCUT2D eigenvalue weighted by molar-refractivity contribution is -0.131. The van der Waals surface area contributed by atoms with Crippen molar-refractivity contribution in [1.29, 1.82) is 0 Å². The van der Waals surface area contributed by atoms with E-state index >= 15 is 0 Å². The third-order valence-electron chi connectivity index (χ3n) is 4.36. The summed E-state index contributed by atoms with van der Waals surface area (Å²) < 4.78 is 10.6. The van der Waals surface area contributed by atoms with E-state index in [0.717, 1.165) is 11.1 Å². The number of benzene rings is 2. The molecule has 1 N–H and O–H groups in total. The predicted octanol–water partition coefficient (Wildman–Crippen LogP) is 2.34. The third kappa shape index (κ3) is 4.25. The van der Waals surface area contributed by atoms with Crippen LogP contribution in [0.2, 0.25) is 0 Å². The summed E-state index contributed by atoms with van der Waals surface area (Å²) in [6, 6.07) is 15.1. The van der Waals surface area contributed by atoms with Gasteiger partial charge in [-0.25, -0.2) is 0 Å². The molecule has 2 atom stereocenters. The van der Waals surface area contributed by atoms with Crippen LogP contribution in [0.4, 0.5) is 0 Å². The Morgan fingerprint density at radius 1 is 1.08 bits per heavy atom. The van der Waals surface area contributed by atoms with Crippen LogP contribution in [0.25, 0.3) is 0 Å². The monoisotopic (exact) mass is 340 g/mol. The Labute approximate surface area is 146 Å². The number of ketones is 1. The number of aldehydes is 1. The average molecular weight is 340 g/mol. The van der Waals surface area contributed by atoms with Gasteiger partial charge in [0, 0.05) is 6.42 Å². The van der Waals surface area contributed by atoms with Crippen LogP contribution in [0.15, 0.2) is 48.5 Å². The van der Waals surface area contributed by atoms with E-state index in [9.17, 15) is 14.7 Å².